The Labute approximate surface area is 148 Å². The summed E-state index contributed by atoms with van der Waals surface area (Å²) >= 11 is 0. The molecule has 23 heavy (non-hydrogen) atoms. The van der Waals surface area contributed by atoms with E-state index in [-0.39, 0.29) is 0 Å². The minimum Gasteiger partial charge on any atom is -0.395 e. The van der Waals surface area contributed by atoms with Gasteiger partial charge >= 0.3 is 8.56 Å². The van der Waals surface area contributed by atoms with E-state index in [0.717, 1.165) is 6.61 Å². The first-order valence-electron chi connectivity index (χ1n) is 10.3. The highest BCUT2D eigenvalue weighted by Gasteiger charge is 2.26. The Bertz CT molecular complexity index is 244. The Morgan fingerprint density at radius 1 is 0.696 bits per heavy atom. The molecule has 1 unspecified atom stereocenters. The third-order valence-electron chi connectivity index (χ3n) is 4.40. The molecule has 0 heterocycles. The SMILES string of the molecule is CCCCCCCCCCCO[Si](C)(C)OC(C)CCCCC. The second-order valence-electron chi connectivity index (χ2n) is 7.50. The van der Waals surface area contributed by atoms with Crippen LogP contribution in [-0.4, -0.2) is 21.3 Å². The van der Waals surface area contributed by atoms with Crippen molar-refractivity contribution in [1.29, 1.82) is 0 Å². The summed E-state index contributed by atoms with van der Waals surface area (Å²) in [6.45, 7) is 12.0. The first kappa shape index (κ1) is 23.1. The molecule has 3 heteroatoms. The van der Waals surface area contributed by atoms with E-state index in [0.29, 0.717) is 6.10 Å². The summed E-state index contributed by atoms with van der Waals surface area (Å²) in [5.74, 6) is 0. The van der Waals surface area contributed by atoms with Gasteiger partial charge in [0.25, 0.3) is 0 Å². The average molecular weight is 345 g/mol. The molecule has 0 aliphatic rings. The Morgan fingerprint density at radius 2 is 1.17 bits per heavy atom. The quantitative estimate of drug-likeness (QED) is 0.205. The van der Waals surface area contributed by atoms with Crippen LogP contribution in [0.25, 0.3) is 0 Å². The fourth-order valence-corrected chi connectivity index (χ4v) is 4.78. The molecule has 1 atom stereocenters. The van der Waals surface area contributed by atoms with Gasteiger partial charge in [-0.1, -0.05) is 84.5 Å². The van der Waals surface area contributed by atoms with E-state index in [2.05, 4.69) is 33.9 Å². The number of unbranched alkanes of at least 4 members (excludes halogenated alkanes) is 10. The molecular formula is C20H44O2Si. The summed E-state index contributed by atoms with van der Waals surface area (Å²) in [6.07, 6.45) is 17.7. The van der Waals surface area contributed by atoms with Crippen LogP contribution in [0.3, 0.4) is 0 Å². The predicted octanol–water partition coefficient (Wildman–Crippen LogP) is 7.22. The van der Waals surface area contributed by atoms with Crippen LogP contribution in [0.4, 0.5) is 0 Å². The van der Waals surface area contributed by atoms with Crippen LogP contribution in [-0.2, 0) is 8.85 Å². The summed E-state index contributed by atoms with van der Waals surface area (Å²) in [7, 11) is -1.92. The first-order valence-corrected chi connectivity index (χ1v) is 13.1. The van der Waals surface area contributed by atoms with E-state index in [1.165, 1.54) is 83.5 Å². The summed E-state index contributed by atoms with van der Waals surface area (Å²) in [6, 6.07) is 0. The molecule has 140 valence electrons. The Hall–Kier alpha value is 0.137. The normalized spacial score (nSPS) is 13.4. The van der Waals surface area contributed by atoms with Gasteiger partial charge in [0.05, 0.1) is 0 Å². The van der Waals surface area contributed by atoms with Crippen LogP contribution in [0.2, 0.25) is 13.1 Å². The molecular weight excluding hydrogens is 300 g/mol. The van der Waals surface area contributed by atoms with Crippen molar-refractivity contribution in [2.45, 2.75) is 123 Å². The number of hydrogen-bond acceptors (Lipinski definition) is 2. The summed E-state index contributed by atoms with van der Waals surface area (Å²) < 4.78 is 12.3. The second kappa shape index (κ2) is 15.7. The van der Waals surface area contributed by atoms with Crippen molar-refractivity contribution in [3.8, 4) is 0 Å². The van der Waals surface area contributed by atoms with Crippen molar-refractivity contribution < 1.29 is 8.85 Å². The number of rotatable bonds is 17. The lowest BCUT2D eigenvalue weighted by Gasteiger charge is -2.27. The zero-order valence-electron chi connectivity index (χ0n) is 16.8. The molecule has 0 radical (unpaired) electrons. The Morgan fingerprint density at radius 3 is 1.74 bits per heavy atom. The van der Waals surface area contributed by atoms with Gasteiger partial charge < -0.3 is 8.85 Å². The van der Waals surface area contributed by atoms with Crippen LogP contribution in [0.5, 0.6) is 0 Å². The zero-order chi connectivity index (χ0) is 17.4. The standard InChI is InChI=1S/C20H44O2Si/c1-6-8-10-11-12-13-14-15-17-19-21-23(4,5)22-20(3)18-16-9-7-2/h20H,6-19H2,1-5H3. The fourth-order valence-electron chi connectivity index (χ4n) is 2.99. The molecule has 0 amide bonds. The maximum absolute atomic E-state index is 6.18. The van der Waals surface area contributed by atoms with Crippen molar-refractivity contribution in [3.05, 3.63) is 0 Å². The van der Waals surface area contributed by atoms with Crippen molar-refractivity contribution in [3.63, 3.8) is 0 Å². The highest BCUT2D eigenvalue weighted by Crippen LogP contribution is 2.16. The van der Waals surface area contributed by atoms with Gasteiger partial charge in [-0.15, -0.1) is 0 Å². The fraction of sp³-hybridized carbons (Fsp3) is 1.00. The minimum atomic E-state index is -1.92. The van der Waals surface area contributed by atoms with E-state index in [9.17, 15) is 0 Å². The van der Waals surface area contributed by atoms with E-state index in [1.54, 1.807) is 0 Å². The zero-order valence-corrected chi connectivity index (χ0v) is 17.8. The van der Waals surface area contributed by atoms with Crippen LogP contribution >= 0.6 is 0 Å². The van der Waals surface area contributed by atoms with Gasteiger partial charge in [0.15, 0.2) is 0 Å². The molecule has 0 aromatic heterocycles. The topological polar surface area (TPSA) is 18.5 Å². The van der Waals surface area contributed by atoms with Crippen LogP contribution in [0.1, 0.15) is 104 Å². The monoisotopic (exact) mass is 344 g/mol. The lowest BCUT2D eigenvalue weighted by atomic mass is 10.1. The third kappa shape index (κ3) is 16.8. The highest BCUT2D eigenvalue weighted by molar-refractivity contribution is 6.64. The van der Waals surface area contributed by atoms with Gasteiger partial charge in [0.1, 0.15) is 0 Å². The molecule has 0 spiro atoms. The molecule has 0 aromatic rings. The average Bonchev–Trinajstić information content (AvgIpc) is 2.49. The smallest absolute Gasteiger partial charge is 0.331 e. The molecule has 0 saturated heterocycles. The summed E-state index contributed by atoms with van der Waals surface area (Å²) in [4.78, 5) is 0. The minimum absolute atomic E-state index is 0.353. The molecule has 0 N–H and O–H groups in total. The Balaban J connectivity index is 3.47. The van der Waals surface area contributed by atoms with E-state index >= 15 is 0 Å². The van der Waals surface area contributed by atoms with Gasteiger partial charge in [-0.05, 0) is 32.9 Å². The van der Waals surface area contributed by atoms with Crippen molar-refractivity contribution in [2.24, 2.45) is 0 Å². The highest BCUT2D eigenvalue weighted by atomic mass is 28.4. The van der Waals surface area contributed by atoms with Crippen molar-refractivity contribution in [2.75, 3.05) is 6.61 Å². The molecule has 0 aromatic carbocycles. The maximum Gasteiger partial charge on any atom is 0.331 e. The molecule has 2 nitrogen and oxygen atoms in total. The molecule has 0 saturated carbocycles. The third-order valence-corrected chi connectivity index (χ3v) is 6.27. The van der Waals surface area contributed by atoms with Crippen LogP contribution in [0, 0.1) is 0 Å². The lowest BCUT2D eigenvalue weighted by molar-refractivity contribution is 0.122. The second-order valence-corrected chi connectivity index (χ2v) is 10.8. The first-order chi connectivity index (χ1) is 11.0. The van der Waals surface area contributed by atoms with Crippen molar-refractivity contribution >= 4 is 8.56 Å². The van der Waals surface area contributed by atoms with E-state index < -0.39 is 8.56 Å². The van der Waals surface area contributed by atoms with Crippen LogP contribution < -0.4 is 0 Å². The maximum atomic E-state index is 6.18. The van der Waals surface area contributed by atoms with Gasteiger partial charge in [0, 0.05) is 12.7 Å². The molecule has 0 aliphatic carbocycles. The summed E-state index contributed by atoms with van der Waals surface area (Å²) in [5, 5.41) is 0. The van der Waals surface area contributed by atoms with Gasteiger partial charge in [-0.3, -0.25) is 0 Å². The van der Waals surface area contributed by atoms with Crippen molar-refractivity contribution in [1.82, 2.24) is 0 Å². The van der Waals surface area contributed by atoms with Gasteiger partial charge in [-0.25, -0.2) is 0 Å². The van der Waals surface area contributed by atoms with Crippen LogP contribution in [0.15, 0.2) is 0 Å². The molecule has 0 aliphatic heterocycles. The van der Waals surface area contributed by atoms with E-state index in [4.69, 9.17) is 8.85 Å². The molecule has 0 rings (SSSR count). The van der Waals surface area contributed by atoms with Gasteiger partial charge in [-0.2, -0.15) is 0 Å². The predicted molar refractivity (Wildman–Crippen MR) is 105 cm³/mol. The Kier molecular flexibility index (Phi) is 15.7. The molecule has 0 fully saturated rings. The lowest BCUT2D eigenvalue weighted by Crippen LogP contribution is -2.38. The van der Waals surface area contributed by atoms with Gasteiger partial charge in [0.2, 0.25) is 0 Å². The largest absolute Gasteiger partial charge is 0.395 e. The summed E-state index contributed by atoms with van der Waals surface area (Å²) in [5.41, 5.74) is 0. The number of hydrogen-bond donors (Lipinski definition) is 0. The molecule has 0 bridgehead atoms. The van der Waals surface area contributed by atoms with E-state index in [1.807, 2.05) is 0 Å².